The topological polar surface area (TPSA) is 54.5 Å². The molecule has 1 heterocycles. The van der Waals surface area contributed by atoms with E-state index in [1.165, 1.54) is 18.2 Å². The van der Waals surface area contributed by atoms with Crippen molar-refractivity contribution in [3.05, 3.63) is 65.1 Å². The molecule has 0 aliphatic rings. The van der Waals surface area contributed by atoms with Crippen LogP contribution in [0.25, 0.3) is 10.8 Å². The number of nitrogens with zero attached hydrogens (tertiary/aromatic N) is 2. The van der Waals surface area contributed by atoms with E-state index < -0.39 is 5.82 Å². The van der Waals surface area contributed by atoms with Gasteiger partial charge in [-0.25, -0.2) is 14.2 Å². The molecule has 0 fully saturated rings. The van der Waals surface area contributed by atoms with Crippen LogP contribution < -0.4 is 10.1 Å². The molecule has 30 heavy (non-hydrogen) atoms. The molecule has 0 radical (unpaired) electrons. The van der Waals surface area contributed by atoms with Gasteiger partial charge in [-0.1, -0.05) is 43.1 Å². The van der Waals surface area contributed by atoms with Gasteiger partial charge in [0.05, 0.1) is 18.2 Å². The second-order valence-corrected chi connectivity index (χ2v) is 7.46. The van der Waals surface area contributed by atoms with Crippen molar-refractivity contribution in [1.82, 2.24) is 9.88 Å². The van der Waals surface area contributed by atoms with Crippen LogP contribution in [0.5, 0.6) is 5.88 Å². The molecule has 3 rings (SSSR count). The molecule has 3 aromatic rings. The van der Waals surface area contributed by atoms with E-state index >= 15 is 0 Å². The maximum absolute atomic E-state index is 13.4. The molecule has 0 saturated carbocycles. The Morgan fingerprint density at radius 2 is 2.00 bits per heavy atom. The molecule has 7 heteroatoms. The summed E-state index contributed by atoms with van der Waals surface area (Å²) in [4.78, 5) is 19.3. The first-order chi connectivity index (χ1) is 14.5. The van der Waals surface area contributed by atoms with Crippen molar-refractivity contribution >= 4 is 34.1 Å². The third kappa shape index (κ3) is 4.65. The molecule has 158 valence electrons. The van der Waals surface area contributed by atoms with E-state index in [2.05, 4.69) is 17.2 Å². The summed E-state index contributed by atoms with van der Waals surface area (Å²) in [5.74, 6) is 0.0220. The number of carbonyl (C=O) groups is 1. The number of methoxy groups -OCH3 is 1. The first kappa shape index (κ1) is 21.8. The number of aromatic nitrogens is 1. The Bertz CT molecular complexity index is 1040. The zero-order valence-corrected chi connectivity index (χ0v) is 18.0. The summed E-state index contributed by atoms with van der Waals surface area (Å²) >= 11 is 5.85. The molecule has 1 N–H and O–H groups in total. The molecular formula is C23H25ClFN3O2. The third-order valence-electron chi connectivity index (χ3n) is 5.08. The van der Waals surface area contributed by atoms with Crippen LogP contribution in [0.1, 0.15) is 38.3 Å². The average Bonchev–Trinajstić information content (AvgIpc) is 2.75. The van der Waals surface area contributed by atoms with E-state index in [0.29, 0.717) is 18.1 Å². The number of pyridine rings is 1. The first-order valence-corrected chi connectivity index (χ1v) is 10.3. The van der Waals surface area contributed by atoms with Gasteiger partial charge in [-0.2, -0.15) is 0 Å². The van der Waals surface area contributed by atoms with Gasteiger partial charge in [0.2, 0.25) is 5.88 Å². The smallest absolute Gasteiger partial charge is 0.322 e. The van der Waals surface area contributed by atoms with Gasteiger partial charge in [-0.05, 0) is 43.0 Å². The fourth-order valence-corrected chi connectivity index (χ4v) is 3.60. The number of ether oxygens (including phenoxy) is 1. The van der Waals surface area contributed by atoms with Gasteiger partial charge < -0.3 is 15.0 Å². The van der Waals surface area contributed by atoms with Crippen LogP contribution >= 0.6 is 11.6 Å². The van der Waals surface area contributed by atoms with Gasteiger partial charge in [-0.15, -0.1) is 0 Å². The Morgan fingerprint density at radius 3 is 2.67 bits per heavy atom. The minimum absolute atomic E-state index is 0.0358. The number of rotatable bonds is 7. The van der Waals surface area contributed by atoms with Crippen LogP contribution in [-0.4, -0.2) is 29.6 Å². The Labute approximate surface area is 180 Å². The van der Waals surface area contributed by atoms with Crippen molar-refractivity contribution in [1.29, 1.82) is 0 Å². The number of anilines is 1. The fourth-order valence-electron chi connectivity index (χ4n) is 3.42. The molecular weight excluding hydrogens is 405 g/mol. The highest BCUT2D eigenvalue weighted by Crippen LogP contribution is 2.32. The second-order valence-electron chi connectivity index (χ2n) is 7.05. The van der Waals surface area contributed by atoms with Gasteiger partial charge >= 0.3 is 6.03 Å². The van der Waals surface area contributed by atoms with Gasteiger partial charge in [0.1, 0.15) is 5.82 Å². The molecule has 1 aromatic heterocycles. The number of urea groups is 1. The van der Waals surface area contributed by atoms with Crippen LogP contribution in [0.3, 0.4) is 0 Å². The third-order valence-corrected chi connectivity index (χ3v) is 5.37. The van der Waals surface area contributed by atoms with Crippen LogP contribution in [-0.2, 0) is 0 Å². The summed E-state index contributed by atoms with van der Waals surface area (Å²) < 4.78 is 18.8. The largest absolute Gasteiger partial charge is 0.481 e. The summed E-state index contributed by atoms with van der Waals surface area (Å²) in [5, 5.41) is 4.67. The van der Waals surface area contributed by atoms with Crippen molar-refractivity contribution in [2.24, 2.45) is 0 Å². The van der Waals surface area contributed by atoms with E-state index in [4.69, 9.17) is 16.3 Å². The number of halogens is 2. The van der Waals surface area contributed by atoms with Gasteiger partial charge in [0.25, 0.3) is 0 Å². The maximum atomic E-state index is 13.4. The molecule has 0 saturated heterocycles. The molecule has 0 unspecified atom stereocenters. The summed E-state index contributed by atoms with van der Waals surface area (Å²) in [7, 11) is 1.59. The normalized spacial score (nSPS) is 11.9. The van der Waals surface area contributed by atoms with Gasteiger partial charge in [0.15, 0.2) is 0 Å². The number of hydrogen-bond acceptors (Lipinski definition) is 3. The molecule has 2 aromatic carbocycles. The fraction of sp³-hybridized carbons (Fsp3) is 0.304. The Balaban J connectivity index is 1.94. The monoisotopic (exact) mass is 429 g/mol. The van der Waals surface area contributed by atoms with Crippen molar-refractivity contribution in [3.63, 3.8) is 0 Å². The summed E-state index contributed by atoms with van der Waals surface area (Å²) in [6.45, 7) is 4.62. The molecule has 1 atom stereocenters. The summed E-state index contributed by atoms with van der Waals surface area (Å²) in [6, 6.07) is 11.5. The van der Waals surface area contributed by atoms with Gasteiger partial charge in [0, 0.05) is 29.4 Å². The lowest BCUT2D eigenvalue weighted by Crippen LogP contribution is -2.38. The minimum atomic E-state index is -0.526. The van der Waals surface area contributed by atoms with E-state index in [0.717, 1.165) is 29.2 Å². The second kappa shape index (κ2) is 9.76. The highest BCUT2D eigenvalue weighted by Gasteiger charge is 2.24. The van der Waals surface area contributed by atoms with E-state index in [1.54, 1.807) is 18.2 Å². The number of hydrogen-bond donors (Lipinski definition) is 1. The van der Waals surface area contributed by atoms with Crippen LogP contribution in [0, 0.1) is 5.82 Å². The predicted molar refractivity (Wildman–Crippen MR) is 119 cm³/mol. The predicted octanol–water partition coefficient (Wildman–Crippen LogP) is 6.43. The van der Waals surface area contributed by atoms with Gasteiger partial charge in [-0.3, -0.25) is 0 Å². The standard InChI is InChI=1S/C23H25ClFN3O2/c1-4-5-12-28(23(29)27-16-10-11-21(25)20(24)13-16)15(2)19-14-26-22(30-3)18-9-7-6-8-17(18)19/h6-11,13-15H,4-5,12H2,1-3H3,(H,27,29)/t15-/m0/s1. The zero-order valence-electron chi connectivity index (χ0n) is 17.3. The molecule has 0 aliphatic carbocycles. The number of benzene rings is 2. The number of fused-ring (bicyclic) bond motifs is 1. The van der Waals surface area contributed by atoms with Crippen molar-refractivity contribution in [2.45, 2.75) is 32.7 Å². The zero-order chi connectivity index (χ0) is 21.7. The molecule has 2 amide bonds. The van der Waals surface area contributed by atoms with Crippen LogP contribution in [0.15, 0.2) is 48.7 Å². The lowest BCUT2D eigenvalue weighted by atomic mass is 10.0. The Kier molecular flexibility index (Phi) is 7.11. The number of amides is 2. The number of unbranched alkanes of at least 4 members (excludes halogenated alkanes) is 1. The Hall–Kier alpha value is -2.86. The van der Waals surface area contributed by atoms with Crippen molar-refractivity contribution < 1.29 is 13.9 Å². The molecule has 0 spiro atoms. The SMILES string of the molecule is CCCCN(C(=O)Nc1ccc(F)c(Cl)c1)[C@@H](C)c1cnc(OC)c2ccccc12. The number of nitrogens with one attached hydrogen (secondary N) is 1. The lowest BCUT2D eigenvalue weighted by molar-refractivity contribution is 0.192. The highest BCUT2D eigenvalue weighted by atomic mass is 35.5. The van der Waals surface area contributed by atoms with Crippen molar-refractivity contribution in [3.8, 4) is 5.88 Å². The quantitative estimate of drug-likeness (QED) is 0.470. The molecule has 0 bridgehead atoms. The van der Waals surface area contributed by atoms with E-state index in [1.807, 2.05) is 31.2 Å². The highest BCUT2D eigenvalue weighted by molar-refractivity contribution is 6.31. The average molecular weight is 430 g/mol. The van der Waals surface area contributed by atoms with E-state index in [9.17, 15) is 9.18 Å². The molecule has 5 nitrogen and oxygen atoms in total. The van der Waals surface area contributed by atoms with Crippen LogP contribution in [0.2, 0.25) is 5.02 Å². The summed E-state index contributed by atoms with van der Waals surface area (Å²) in [5.41, 5.74) is 1.37. The Morgan fingerprint density at radius 1 is 1.27 bits per heavy atom. The summed E-state index contributed by atoms with van der Waals surface area (Å²) in [6.07, 6.45) is 3.55. The maximum Gasteiger partial charge on any atom is 0.322 e. The number of carbonyl (C=O) groups excluding carboxylic acids is 1. The lowest BCUT2D eigenvalue weighted by Gasteiger charge is -2.30. The van der Waals surface area contributed by atoms with E-state index in [-0.39, 0.29) is 17.1 Å². The minimum Gasteiger partial charge on any atom is -0.481 e. The first-order valence-electron chi connectivity index (χ1n) is 9.90. The molecule has 0 aliphatic heterocycles. The van der Waals surface area contributed by atoms with Crippen LogP contribution in [0.4, 0.5) is 14.9 Å². The van der Waals surface area contributed by atoms with Crippen molar-refractivity contribution in [2.75, 3.05) is 19.0 Å².